The second kappa shape index (κ2) is 6.83. The predicted octanol–water partition coefficient (Wildman–Crippen LogP) is 5.79. The first-order valence-corrected chi connectivity index (χ1v) is 8.31. The monoisotopic (exact) mass is 300 g/mol. The smallest absolute Gasteiger partial charge is 0.00230 e. The van der Waals surface area contributed by atoms with Crippen LogP contribution in [0.5, 0.6) is 0 Å². The Morgan fingerprint density at radius 2 is 1.00 bits per heavy atom. The van der Waals surface area contributed by atoms with Crippen molar-refractivity contribution in [3.05, 3.63) is 106 Å². The van der Waals surface area contributed by atoms with Crippen molar-refractivity contribution in [1.82, 2.24) is 0 Å². The van der Waals surface area contributed by atoms with E-state index in [2.05, 4.69) is 87.5 Å². The van der Waals surface area contributed by atoms with Gasteiger partial charge < -0.3 is 0 Å². The van der Waals surface area contributed by atoms with Gasteiger partial charge in [0.15, 0.2) is 0 Å². The number of hydrogen-bond donors (Lipinski definition) is 0. The molecule has 0 aliphatic heterocycles. The number of benzene rings is 3. The van der Waals surface area contributed by atoms with Crippen LogP contribution in [0.2, 0.25) is 0 Å². The lowest BCUT2D eigenvalue weighted by Gasteiger charge is -2.14. The average Bonchev–Trinajstić information content (AvgIpc) is 2.57. The highest BCUT2D eigenvalue weighted by atomic mass is 14.1. The summed E-state index contributed by atoms with van der Waals surface area (Å²) in [5.41, 5.74) is 9.80. The molecule has 3 rings (SSSR count). The van der Waals surface area contributed by atoms with Gasteiger partial charge in [0.25, 0.3) is 0 Å². The van der Waals surface area contributed by atoms with Gasteiger partial charge in [0, 0.05) is 0 Å². The summed E-state index contributed by atoms with van der Waals surface area (Å²) in [6, 6.07) is 24.2. The van der Waals surface area contributed by atoms with Crippen LogP contribution in [0.3, 0.4) is 0 Å². The van der Waals surface area contributed by atoms with E-state index in [1.54, 1.807) is 0 Å². The van der Waals surface area contributed by atoms with Crippen molar-refractivity contribution in [3.8, 4) is 0 Å². The van der Waals surface area contributed by atoms with Gasteiger partial charge in [0.1, 0.15) is 0 Å². The topological polar surface area (TPSA) is 0 Å². The standard InChI is InChI=1S/C23H24/c1-17-9-11-21(12-10-17)16-23-14-13-22(18(2)19(23)3)15-20-7-5-4-6-8-20/h4-14H,15-16H2,1-3H3. The van der Waals surface area contributed by atoms with Crippen LogP contribution in [-0.4, -0.2) is 0 Å². The SMILES string of the molecule is Cc1ccc(Cc2ccc(Cc3ccccc3)c(C)c2C)cc1. The van der Waals surface area contributed by atoms with Crippen LogP contribution in [0, 0.1) is 20.8 Å². The van der Waals surface area contributed by atoms with Crippen molar-refractivity contribution in [2.24, 2.45) is 0 Å². The number of aryl methyl sites for hydroxylation is 1. The minimum Gasteiger partial charge on any atom is -0.0622 e. The molecule has 0 aliphatic carbocycles. The summed E-state index contributed by atoms with van der Waals surface area (Å²) in [7, 11) is 0. The summed E-state index contributed by atoms with van der Waals surface area (Å²) in [6.07, 6.45) is 2.02. The minimum absolute atomic E-state index is 1.01. The molecule has 3 aromatic carbocycles. The van der Waals surface area contributed by atoms with E-state index in [0.29, 0.717) is 0 Å². The molecule has 0 nitrogen and oxygen atoms in total. The molecule has 0 aliphatic rings. The Morgan fingerprint density at radius 1 is 0.522 bits per heavy atom. The van der Waals surface area contributed by atoms with Crippen LogP contribution in [0.15, 0.2) is 66.7 Å². The van der Waals surface area contributed by atoms with Crippen LogP contribution in [-0.2, 0) is 12.8 Å². The number of hydrogen-bond acceptors (Lipinski definition) is 0. The lowest BCUT2D eigenvalue weighted by atomic mass is 9.91. The second-order valence-corrected chi connectivity index (χ2v) is 6.46. The van der Waals surface area contributed by atoms with Crippen LogP contribution in [0.1, 0.15) is 38.9 Å². The van der Waals surface area contributed by atoms with E-state index < -0.39 is 0 Å². The third kappa shape index (κ3) is 3.71. The maximum absolute atomic E-state index is 2.31. The van der Waals surface area contributed by atoms with E-state index in [1.165, 1.54) is 38.9 Å². The molecule has 116 valence electrons. The maximum Gasteiger partial charge on any atom is -0.00230 e. The molecule has 0 spiro atoms. The molecule has 0 heteroatoms. The van der Waals surface area contributed by atoms with E-state index in [4.69, 9.17) is 0 Å². The summed E-state index contributed by atoms with van der Waals surface area (Å²) < 4.78 is 0. The zero-order chi connectivity index (χ0) is 16.2. The Morgan fingerprint density at radius 3 is 1.52 bits per heavy atom. The summed E-state index contributed by atoms with van der Waals surface area (Å²) in [6.45, 7) is 6.65. The van der Waals surface area contributed by atoms with Crippen molar-refractivity contribution >= 4 is 0 Å². The fraction of sp³-hybridized carbons (Fsp3) is 0.217. The maximum atomic E-state index is 2.31. The molecule has 0 amide bonds. The summed E-state index contributed by atoms with van der Waals surface area (Å²) in [5, 5.41) is 0. The van der Waals surface area contributed by atoms with E-state index in [-0.39, 0.29) is 0 Å². The van der Waals surface area contributed by atoms with Crippen LogP contribution >= 0.6 is 0 Å². The average molecular weight is 300 g/mol. The van der Waals surface area contributed by atoms with E-state index in [9.17, 15) is 0 Å². The Hall–Kier alpha value is -2.34. The molecule has 0 saturated carbocycles. The van der Waals surface area contributed by atoms with Gasteiger partial charge in [-0.3, -0.25) is 0 Å². The number of rotatable bonds is 4. The Kier molecular flexibility index (Phi) is 4.62. The molecule has 0 aromatic heterocycles. The van der Waals surface area contributed by atoms with Gasteiger partial charge in [-0.15, -0.1) is 0 Å². The van der Waals surface area contributed by atoms with E-state index in [0.717, 1.165) is 12.8 Å². The lowest BCUT2D eigenvalue weighted by molar-refractivity contribution is 1.08. The van der Waals surface area contributed by atoms with E-state index >= 15 is 0 Å². The highest BCUT2D eigenvalue weighted by molar-refractivity contribution is 5.43. The fourth-order valence-corrected chi connectivity index (χ4v) is 3.06. The van der Waals surface area contributed by atoms with Crippen LogP contribution in [0.4, 0.5) is 0 Å². The van der Waals surface area contributed by atoms with Crippen molar-refractivity contribution in [1.29, 1.82) is 0 Å². The van der Waals surface area contributed by atoms with Gasteiger partial charge in [-0.25, -0.2) is 0 Å². The summed E-state index contributed by atoms with van der Waals surface area (Å²) in [5.74, 6) is 0. The zero-order valence-corrected chi connectivity index (χ0v) is 14.3. The molecule has 0 unspecified atom stereocenters. The first kappa shape index (κ1) is 15.6. The van der Waals surface area contributed by atoms with Crippen molar-refractivity contribution in [2.45, 2.75) is 33.6 Å². The van der Waals surface area contributed by atoms with Gasteiger partial charge in [0.05, 0.1) is 0 Å². The molecular weight excluding hydrogens is 276 g/mol. The van der Waals surface area contributed by atoms with Crippen molar-refractivity contribution in [2.75, 3.05) is 0 Å². The first-order valence-electron chi connectivity index (χ1n) is 8.31. The van der Waals surface area contributed by atoms with Crippen LogP contribution in [0.25, 0.3) is 0 Å². The predicted molar refractivity (Wildman–Crippen MR) is 99.1 cm³/mol. The molecule has 0 radical (unpaired) electrons. The lowest BCUT2D eigenvalue weighted by Crippen LogP contribution is -1.99. The summed E-state index contributed by atoms with van der Waals surface area (Å²) in [4.78, 5) is 0. The molecule has 0 N–H and O–H groups in total. The second-order valence-electron chi connectivity index (χ2n) is 6.46. The van der Waals surface area contributed by atoms with Gasteiger partial charge in [-0.2, -0.15) is 0 Å². The summed E-state index contributed by atoms with van der Waals surface area (Å²) >= 11 is 0. The van der Waals surface area contributed by atoms with Crippen molar-refractivity contribution < 1.29 is 0 Å². The van der Waals surface area contributed by atoms with Crippen LogP contribution < -0.4 is 0 Å². The van der Waals surface area contributed by atoms with Gasteiger partial charge in [-0.05, 0) is 67.0 Å². The Labute approximate surface area is 139 Å². The zero-order valence-electron chi connectivity index (χ0n) is 14.3. The highest BCUT2D eigenvalue weighted by Crippen LogP contribution is 2.23. The molecule has 0 heterocycles. The highest BCUT2D eigenvalue weighted by Gasteiger charge is 2.08. The third-order valence-corrected chi connectivity index (χ3v) is 4.76. The molecule has 3 aromatic rings. The van der Waals surface area contributed by atoms with Gasteiger partial charge in [-0.1, -0.05) is 72.3 Å². The molecule has 0 atom stereocenters. The quantitative estimate of drug-likeness (QED) is 0.572. The Bertz CT molecular complexity index is 780. The molecule has 0 saturated heterocycles. The third-order valence-electron chi connectivity index (χ3n) is 4.76. The molecule has 0 fully saturated rings. The molecular formula is C23H24. The van der Waals surface area contributed by atoms with Crippen molar-refractivity contribution in [3.63, 3.8) is 0 Å². The minimum atomic E-state index is 1.01. The normalized spacial score (nSPS) is 10.7. The molecule has 0 bridgehead atoms. The van der Waals surface area contributed by atoms with Gasteiger partial charge in [0.2, 0.25) is 0 Å². The van der Waals surface area contributed by atoms with E-state index in [1.807, 2.05) is 0 Å². The Balaban J connectivity index is 1.84. The fourth-order valence-electron chi connectivity index (χ4n) is 3.06. The largest absolute Gasteiger partial charge is 0.0622 e. The molecule has 23 heavy (non-hydrogen) atoms. The van der Waals surface area contributed by atoms with Gasteiger partial charge >= 0.3 is 0 Å². The first-order chi connectivity index (χ1) is 11.1.